The van der Waals surface area contributed by atoms with E-state index in [1.807, 2.05) is 34.9 Å². The quantitative estimate of drug-likeness (QED) is 0.403. The van der Waals surface area contributed by atoms with Crippen LogP contribution in [0.2, 0.25) is 0 Å². The molecule has 36 heavy (non-hydrogen) atoms. The van der Waals surface area contributed by atoms with E-state index in [1.54, 1.807) is 24.4 Å². The number of nitrogens with one attached hydrogen (secondary N) is 1. The number of hydrogen-bond acceptors (Lipinski definition) is 5. The van der Waals surface area contributed by atoms with Crippen LogP contribution < -0.4 is 10.1 Å². The molecule has 0 radical (unpaired) electrons. The minimum absolute atomic E-state index is 0.146. The van der Waals surface area contributed by atoms with Crippen LogP contribution in [0.15, 0.2) is 66.9 Å². The Bertz CT molecular complexity index is 1390. The number of carbonyl (C=O) groups excluding carboxylic acids is 1. The number of aryl methyl sites for hydroxylation is 1. The third-order valence-electron chi connectivity index (χ3n) is 6.18. The molecule has 1 aliphatic carbocycles. The fourth-order valence-corrected chi connectivity index (χ4v) is 4.56. The number of aromatic nitrogens is 3. The lowest BCUT2D eigenvalue weighted by Gasteiger charge is -2.18. The highest BCUT2D eigenvalue weighted by atomic mass is 19.4. The smallest absolute Gasteiger partial charge is 0.406 e. The van der Waals surface area contributed by atoms with Crippen LogP contribution in [0.1, 0.15) is 35.0 Å². The van der Waals surface area contributed by atoms with Crippen molar-refractivity contribution in [2.24, 2.45) is 0 Å². The van der Waals surface area contributed by atoms with Crippen molar-refractivity contribution in [3.05, 3.63) is 89.4 Å². The van der Waals surface area contributed by atoms with E-state index in [0.717, 1.165) is 16.7 Å². The fraction of sp³-hybridized carbons (Fsp3) is 0.269. The maximum atomic E-state index is 12.8. The number of nitrogens with zero attached hydrogens (tertiary/aromatic N) is 3. The van der Waals surface area contributed by atoms with Gasteiger partial charge in [0, 0.05) is 25.5 Å². The maximum Gasteiger partial charge on any atom is 0.573 e. The second-order valence-electron chi connectivity index (χ2n) is 8.67. The van der Waals surface area contributed by atoms with Crippen molar-refractivity contribution in [2.45, 2.75) is 44.3 Å². The number of carbonyl (C=O) groups is 1. The first-order chi connectivity index (χ1) is 17.3. The molecule has 2 aromatic heterocycles. The van der Waals surface area contributed by atoms with Crippen LogP contribution in [0, 0.1) is 0 Å². The largest absolute Gasteiger partial charge is 0.573 e. The zero-order valence-electron chi connectivity index (χ0n) is 19.1. The molecule has 2 heterocycles. The van der Waals surface area contributed by atoms with Crippen LogP contribution in [0.3, 0.4) is 0 Å². The van der Waals surface area contributed by atoms with E-state index in [9.17, 15) is 23.1 Å². The molecular weight excluding hydrogens is 473 g/mol. The summed E-state index contributed by atoms with van der Waals surface area (Å²) in [6, 6.07) is 16.4. The predicted octanol–water partition coefficient (Wildman–Crippen LogP) is 4.09. The predicted molar refractivity (Wildman–Crippen MR) is 125 cm³/mol. The second-order valence-corrected chi connectivity index (χ2v) is 8.67. The van der Waals surface area contributed by atoms with Crippen molar-refractivity contribution in [2.75, 3.05) is 0 Å². The molecule has 0 spiro atoms. The van der Waals surface area contributed by atoms with E-state index in [2.05, 4.69) is 20.0 Å². The van der Waals surface area contributed by atoms with Gasteiger partial charge in [-0.3, -0.25) is 4.79 Å². The summed E-state index contributed by atoms with van der Waals surface area (Å²) < 4.78 is 43.2. The van der Waals surface area contributed by atoms with E-state index in [0.29, 0.717) is 36.4 Å². The molecule has 0 saturated heterocycles. The number of hydrogen-bond donors (Lipinski definition) is 2. The van der Waals surface area contributed by atoms with Gasteiger partial charge in [-0.25, -0.2) is 9.97 Å². The molecule has 4 aromatic rings. The summed E-state index contributed by atoms with van der Waals surface area (Å²) in [5.74, 6) is 0.116. The van der Waals surface area contributed by atoms with E-state index in [4.69, 9.17) is 0 Å². The van der Waals surface area contributed by atoms with Gasteiger partial charge in [0.1, 0.15) is 17.1 Å². The Kier molecular flexibility index (Phi) is 6.36. The Morgan fingerprint density at radius 2 is 1.89 bits per heavy atom. The van der Waals surface area contributed by atoms with Crippen LogP contribution in [-0.4, -0.2) is 38.0 Å². The summed E-state index contributed by atoms with van der Waals surface area (Å²) in [5.41, 5.74) is 3.95. The van der Waals surface area contributed by atoms with E-state index in [1.165, 1.54) is 12.1 Å². The van der Waals surface area contributed by atoms with Gasteiger partial charge < -0.3 is 19.7 Å². The van der Waals surface area contributed by atoms with Crippen LogP contribution >= 0.6 is 0 Å². The number of amides is 1. The molecule has 0 saturated carbocycles. The first-order valence-corrected chi connectivity index (χ1v) is 11.5. The highest BCUT2D eigenvalue weighted by Gasteiger charge is 2.32. The van der Waals surface area contributed by atoms with E-state index >= 15 is 0 Å². The zero-order valence-corrected chi connectivity index (χ0v) is 19.1. The van der Waals surface area contributed by atoms with Gasteiger partial charge in [-0.05, 0) is 41.0 Å². The molecule has 5 rings (SSSR count). The van der Waals surface area contributed by atoms with Crippen LogP contribution in [0.5, 0.6) is 5.75 Å². The number of pyridine rings is 1. The standard InChI is InChI=1S/C26H23F3N4O3/c27-26(28,29)36-18-9-7-16(8-10-18)15-33-22(31-20-6-3-13-30-25(20)33)11-12-23(35)32-24-19-5-2-1-4-17(19)14-21(24)34/h1-10,13,21,24,34H,11-12,14-15H2,(H,32,35)/t21-,24+/m0/s1. The number of benzene rings is 2. The number of ether oxygens (including phenoxy) is 1. The number of fused-ring (bicyclic) bond motifs is 2. The van der Waals surface area contributed by atoms with Gasteiger partial charge in [0.2, 0.25) is 5.91 Å². The molecule has 1 aliphatic rings. The van der Waals surface area contributed by atoms with Gasteiger partial charge in [-0.1, -0.05) is 36.4 Å². The third kappa shape index (κ3) is 5.18. The molecule has 0 aliphatic heterocycles. The number of alkyl halides is 3. The van der Waals surface area contributed by atoms with Crippen molar-refractivity contribution in [3.8, 4) is 5.75 Å². The Balaban J connectivity index is 1.30. The average molecular weight is 496 g/mol. The van der Waals surface area contributed by atoms with Crippen LogP contribution in [-0.2, 0) is 24.2 Å². The normalized spacial score (nSPS) is 17.2. The summed E-state index contributed by atoms with van der Waals surface area (Å²) in [6.45, 7) is 0.311. The molecule has 2 N–H and O–H groups in total. The number of aliphatic hydroxyl groups is 1. The topological polar surface area (TPSA) is 89.3 Å². The second kappa shape index (κ2) is 9.62. The van der Waals surface area contributed by atoms with Crippen molar-refractivity contribution >= 4 is 17.1 Å². The summed E-state index contributed by atoms with van der Waals surface area (Å²) in [7, 11) is 0. The van der Waals surface area contributed by atoms with Crippen molar-refractivity contribution in [3.63, 3.8) is 0 Å². The lowest BCUT2D eigenvalue weighted by atomic mass is 10.1. The monoisotopic (exact) mass is 496 g/mol. The maximum absolute atomic E-state index is 12.8. The zero-order chi connectivity index (χ0) is 25.3. The van der Waals surface area contributed by atoms with Gasteiger partial charge in [0.25, 0.3) is 0 Å². The summed E-state index contributed by atoms with van der Waals surface area (Å²) in [6.07, 6.45) is -2.83. The van der Waals surface area contributed by atoms with Gasteiger partial charge in [0.05, 0.1) is 18.7 Å². The minimum atomic E-state index is -4.75. The molecular formula is C26H23F3N4O3. The van der Waals surface area contributed by atoms with Crippen molar-refractivity contribution in [1.29, 1.82) is 0 Å². The van der Waals surface area contributed by atoms with Gasteiger partial charge in [-0.2, -0.15) is 0 Å². The van der Waals surface area contributed by atoms with Gasteiger partial charge in [-0.15, -0.1) is 13.2 Å². The average Bonchev–Trinajstić information content (AvgIpc) is 3.35. The molecule has 7 nitrogen and oxygen atoms in total. The Labute approximate surface area is 204 Å². The molecule has 2 atom stereocenters. The first kappa shape index (κ1) is 23.8. The van der Waals surface area contributed by atoms with Gasteiger partial charge >= 0.3 is 6.36 Å². The Morgan fingerprint density at radius 3 is 2.67 bits per heavy atom. The van der Waals surface area contributed by atoms with Crippen molar-refractivity contribution < 1.29 is 27.8 Å². The van der Waals surface area contributed by atoms with E-state index in [-0.39, 0.29) is 18.1 Å². The fourth-order valence-electron chi connectivity index (χ4n) is 4.56. The molecule has 2 aromatic carbocycles. The Hall–Kier alpha value is -3.92. The minimum Gasteiger partial charge on any atom is -0.406 e. The third-order valence-corrected chi connectivity index (χ3v) is 6.18. The summed E-state index contributed by atoms with van der Waals surface area (Å²) >= 11 is 0. The SMILES string of the molecule is O=C(CCc1nc2cccnc2n1Cc1ccc(OC(F)(F)F)cc1)N[C@@H]1c2ccccc2C[C@@H]1O. The first-order valence-electron chi connectivity index (χ1n) is 11.5. The molecule has 186 valence electrons. The molecule has 0 fully saturated rings. The number of rotatable bonds is 7. The number of imidazole rings is 1. The lowest BCUT2D eigenvalue weighted by Crippen LogP contribution is -2.34. The van der Waals surface area contributed by atoms with Crippen LogP contribution in [0.25, 0.3) is 11.2 Å². The molecule has 10 heteroatoms. The van der Waals surface area contributed by atoms with Gasteiger partial charge in [0.15, 0.2) is 5.65 Å². The highest BCUT2D eigenvalue weighted by Crippen LogP contribution is 2.31. The molecule has 1 amide bonds. The highest BCUT2D eigenvalue weighted by molar-refractivity contribution is 5.77. The summed E-state index contributed by atoms with van der Waals surface area (Å²) in [5, 5.41) is 13.4. The lowest BCUT2D eigenvalue weighted by molar-refractivity contribution is -0.274. The number of aliphatic hydroxyl groups excluding tert-OH is 1. The van der Waals surface area contributed by atoms with Crippen LogP contribution in [0.4, 0.5) is 13.2 Å². The number of halogens is 3. The molecule has 0 unspecified atom stereocenters. The van der Waals surface area contributed by atoms with E-state index < -0.39 is 18.5 Å². The molecule has 0 bridgehead atoms. The Morgan fingerprint density at radius 1 is 1.11 bits per heavy atom. The summed E-state index contributed by atoms with van der Waals surface area (Å²) in [4.78, 5) is 21.8. The van der Waals surface area contributed by atoms with Crippen molar-refractivity contribution in [1.82, 2.24) is 19.9 Å².